The predicted octanol–water partition coefficient (Wildman–Crippen LogP) is 2.74. The largest absolute Gasteiger partial charge is 0.453 e. The molecule has 0 spiro atoms. The molecule has 1 amide bonds. The Labute approximate surface area is 148 Å². The maximum absolute atomic E-state index is 10.8. The fourth-order valence-electron chi connectivity index (χ4n) is 2.26. The normalized spacial score (nSPS) is 11.3. The lowest BCUT2D eigenvalue weighted by Gasteiger charge is -2.33. The monoisotopic (exact) mass is 368 g/mol. The van der Waals surface area contributed by atoms with Crippen LogP contribution in [-0.2, 0) is 8.91 Å². The summed E-state index contributed by atoms with van der Waals surface area (Å²) < 4.78 is 6.22. The minimum absolute atomic E-state index is 0.0206. The molecule has 1 rings (SSSR count). The van der Waals surface area contributed by atoms with E-state index in [2.05, 4.69) is 36.8 Å². The summed E-state index contributed by atoms with van der Waals surface area (Å²) in [6, 6.07) is 9.23. The maximum Gasteiger partial charge on any atom is 0.216 e. The average Bonchev–Trinajstić information content (AvgIpc) is 2.45. The first-order valence-corrected chi connectivity index (χ1v) is 14.4. The van der Waals surface area contributed by atoms with Gasteiger partial charge in [0, 0.05) is 24.8 Å². The lowest BCUT2D eigenvalue weighted by Crippen LogP contribution is -2.54. The van der Waals surface area contributed by atoms with E-state index in [-0.39, 0.29) is 11.7 Å². The zero-order valence-corrected chi connectivity index (χ0v) is 18.0. The third-order valence-corrected chi connectivity index (χ3v) is 9.75. The van der Waals surface area contributed by atoms with Gasteiger partial charge in [-0.05, 0) is 40.2 Å². The van der Waals surface area contributed by atoms with Crippen LogP contribution in [0.5, 0.6) is 0 Å². The molecule has 1 aromatic rings. The van der Waals surface area contributed by atoms with Crippen LogP contribution in [0.4, 0.5) is 0 Å². The smallest absolute Gasteiger partial charge is 0.216 e. The predicted molar refractivity (Wildman–Crippen MR) is 105 cm³/mol. The minimum Gasteiger partial charge on any atom is -0.453 e. The van der Waals surface area contributed by atoms with Gasteiger partial charge in [0.1, 0.15) is 0 Å². The molecule has 0 saturated carbocycles. The molecular formula is C17H32N2O3Si2. The molecule has 0 aliphatic carbocycles. The van der Waals surface area contributed by atoms with E-state index in [4.69, 9.17) is 4.12 Å². The number of nitrogens with one attached hydrogen (secondary N) is 2. The van der Waals surface area contributed by atoms with E-state index in [1.807, 2.05) is 37.4 Å². The Balaban J connectivity index is 0.000000496. The topological polar surface area (TPSA) is 67.4 Å². The molecule has 0 aromatic heterocycles. The van der Waals surface area contributed by atoms with Gasteiger partial charge in [-0.2, -0.15) is 0 Å². The van der Waals surface area contributed by atoms with E-state index in [0.29, 0.717) is 6.17 Å². The Morgan fingerprint density at radius 1 is 0.958 bits per heavy atom. The van der Waals surface area contributed by atoms with E-state index in [9.17, 15) is 9.59 Å². The van der Waals surface area contributed by atoms with Gasteiger partial charge < -0.3 is 14.7 Å². The number of rotatable bonds is 7. The molecule has 0 saturated heterocycles. The number of hydrogen-bond acceptors (Lipinski definition) is 4. The summed E-state index contributed by atoms with van der Waals surface area (Å²) >= 11 is 0. The Morgan fingerprint density at radius 2 is 1.46 bits per heavy atom. The van der Waals surface area contributed by atoms with Crippen molar-refractivity contribution in [1.29, 1.82) is 0 Å². The van der Waals surface area contributed by atoms with E-state index in [1.165, 1.54) is 0 Å². The van der Waals surface area contributed by atoms with Crippen molar-refractivity contribution < 1.29 is 13.7 Å². The van der Waals surface area contributed by atoms with Gasteiger partial charge in [-0.3, -0.25) is 9.59 Å². The van der Waals surface area contributed by atoms with Gasteiger partial charge in [-0.25, -0.2) is 0 Å². The fourth-order valence-corrected chi connectivity index (χ4v) is 10.3. The lowest BCUT2D eigenvalue weighted by molar-refractivity contribution is -0.118. The standard InChI is InChI=1S/C9H24N2O2Si2.C8H8O/c1-9(12)11-8-15(5,6)13-14(3,4)7-10-2;1-7(9)8-5-3-2-4-6-8/h10H,7-8H2,1-6H3,(H,11,12);2-6H,1H3. The number of carbonyl (C=O) groups excluding carboxylic acids is 2. The number of amides is 1. The van der Waals surface area contributed by atoms with Crippen LogP contribution in [0.1, 0.15) is 24.2 Å². The van der Waals surface area contributed by atoms with Crippen molar-refractivity contribution in [3.63, 3.8) is 0 Å². The zero-order chi connectivity index (χ0) is 18.8. The highest BCUT2D eigenvalue weighted by molar-refractivity contribution is 6.85. The quantitative estimate of drug-likeness (QED) is 0.574. The maximum atomic E-state index is 10.8. The van der Waals surface area contributed by atoms with Gasteiger partial charge in [0.25, 0.3) is 0 Å². The molecule has 136 valence electrons. The number of ketones is 1. The van der Waals surface area contributed by atoms with E-state index in [0.717, 1.165) is 11.7 Å². The van der Waals surface area contributed by atoms with Gasteiger partial charge in [0.15, 0.2) is 22.4 Å². The highest BCUT2D eigenvalue weighted by Crippen LogP contribution is 2.12. The SMILES string of the molecule is CC(=O)c1ccccc1.CNC[Si](C)(C)O[Si](C)(C)CNC(C)=O. The first-order valence-electron chi connectivity index (χ1n) is 8.14. The molecule has 0 aliphatic rings. The van der Waals surface area contributed by atoms with Crippen molar-refractivity contribution in [2.45, 2.75) is 40.0 Å². The molecule has 0 fully saturated rings. The Kier molecular flexibility index (Phi) is 9.99. The minimum atomic E-state index is -1.75. The molecule has 0 bridgehead atoms. The summed E-state index contributed by atoms with van der Waals surface area (Å²) in [5.41, 5.74) is 0.775. The molecule has 7 heteroatoms. The second kappa shape index (κ2) is 10.6. The molecule has 0 radical (unpaired) electrons. The van der Waals surface area contributed by atoms with E-state index in [1.54, 1.807) is 13.8 Å². The Morgan fingerprint density at radius 3 is 1.83 bits per heavy atom. The summed E-state index contributed by atoms with van der Waals surface area (Å²) in [5.74, 6) is 0.142. The van der Waals surface area contributed by atoms with Crippen LogP contribution in [0.25, 0.3) is 0 Å². The Bertz CT molecular complexity index is 520. The highest BCUT2D eigenvalue weighted by atomic mass is 28.4. The van der Waals surface area contributed by atoms with Crippen molar-refractivity contribution in [2.75, 3.05) is 19.4 Å². The van der Waals surface area contributed by atoms with Gasteiger partial charge in [0.05, 0.1) is 0 Å². The summed E-state index contributed by atoms with van der Waals surface area (Å²) in [6.45, 7) is 11.8. The van der Waals surface area contributed by atoms with Crippen LogP contribution >= 0.6 is 0 Å². The summed E-state index contributed by atoms with van der Waals surface area (Å²) in [7, 11) is -1.42. The van der Waals surface area contributed by atoms with Crippen LogP contribution < -0.4 is 10.6 Å². The molecular weight excluding hydrogens is 336 g/mol. The number of hydrogen-bond donors (Lipinski definition) is 2. The first-order chi connectivity index (χ1) is 11.0. The highest BCUT2D eigenvalue weighted by Gasteiger charge is 2.32. The van der Waals surface area contributed by atoms with Crippen molar-refractivity contribution >= 4 is 28.3 Å². The molecule has 1 aromatic carbocycles. The molecule has 2 N–H and O–H groups in total. The van der Waals surface area contributed by atoms with E-state index >= 15 is 0 Å². The molecule has 5 nitrogen and oxygen atoms in total. The van der Waals surface area contributed by atoms with Crippen LogP contribution in [-0.4, -0.2) is 47.7 Å². The molecule has 24 heavy (non-hydrogen) atoms. The zero-order valence-electron chi connectivity index (χ0n) is 16.0. The van der Waals surface area contributed by atoms with Crippen LogP contribution in [0.15, 0.2) is 30.3 Å². The van der Waals surface area contributed by atoms with Crippen LogP contribution in [0.3, 0.4) is 0 Å². The number of benzene rings is 1. The molecule has 0 aliphatic heterocycles. The van der Waals surface area contributed by atoms with Crippen molar-refractivity contribution in [2.24, 2.45) is 0 Å². The van der Waals surface area contributed by atoms with Crippen LogP contribution in [0, 0.1) is 0 Å². The number of carbonyl (C=O) groups is 2. The fraction of sp³-hybridized carbons (Fsp3) is 0.529. The van der Waals surface area contributed by atoms with E-state index < -0.39 is 16.6 Å². The second-order valence-corrected chi connectivity index (χ2v) is 15.5. The van der Waals surface area contributed by atoms with Crippen molar-refractivity contribution in [1.82, 2.24) is 10.6 Å². The summed E-state index contributed by atoms with van der Waals surface area (Å²) in [6.07, 6.45) is 1.64. The van der Waals surface area contributed by atoms with Gasteiger partial charge in [-0.15, -0.1) is 0 Å². The lowest BCUT2D eigenvalue weighted by atomic mass is 10.2. The summed E-state index contributed by atoms with van der Waals surface area (Å²) in [5, 5.41) is 6.02. The molecule has 0 unspecified atom stereocenters. The second-order valence-electron chi connectivity index (χ2n) is 6.98. The summed E-state index contributed by atoms with van der Waals surface area (Å²) in [4.78, 5) is 21.5. The number of Topliss-reactive ketones (excluding diaryl/α,β-unsaturated/α-hetero) is 1. The van der Waals surface area contributed by atoms with Gasteiger partial charge in [0.2, 0.25) is 5.91 Å². The molecule has 0 heterocycles. The van der Waals surface area contributed by atoms with Crippen molar-refractivity contribution in [3.8, 4) is 0 Å². The molecule has 0 atom stereocenters. The van der Waals surface area contributed by atoms with Crippen molar-refractivity contribution in [3.05, 3.63) is 35.9 Å². The third-order valence-electron chi connectivity index (χ3n) is 3.10. The Hall–Kier alpha value is -1.29. The first kappa shape index (κ1) is 22.7. The van der Waals surface area contributed by atoms with Gasteiger partial charge in [-0.1, -0.05) is 30.3 Å². The third kappa shape index (κ3) is 11.3. The average molecular weight is 369 g/mol. The van der Waals surface area contributed by atoms with Gasteiger partial charge >= 0.3 is 0 Å². The van der Waals surface area contributed by atoms with Crippen LogP contribution in [0.2, 0.25) is 26.2 Å².